The molecule has 2 aromatic carbocycles. The predicted octanol–water partition coefficient (Wildman–Crippen LogP) is 4.72. The molecule has 2 N–H and O–H groups in total. The number of hydrogen-bond acceptors (Lipinski definition) is 5. The second kappa shape index (κ2) is 7.95. The Bertz CT molecular complexity index is 1340. The fraction of sp³-hybridized carbons (Fsp3) is 0.125. The van der Waals surface area contributed by atoms with Crippen molar-refractivity contribution in [2.75, 3.05) is 12.4 Å². The molecule has 0 aliphatic carbocycles. The first-order valence-electron chi connectivity index (χ1n) is 10.0. The van der Waals surface area contributed by atoms with Gasteiger partial charge in [-0.15, -0.1) is 0 Å². The SMILES string of the molecule is COc1ccc(NCc2nc(-c3ccc4ncnn4c3)c(-c3cccc(C)c3)[nH]2)cc1. The molecule has 7 heteroatoms. The topological polar surface area (TPSA) is 80.1 Å². The van der Waals surface area contributed by atoms with Gasteiger partial charge in [0.2, 0.25) is 0 Å². The quantitative estimate of drug-likeness (QED) is 0.424. The second-order valence-electron chi connectivity index (χ2n) is 7.34. The zero-order chi connectivity index (χ0) is 21.2. The first-order valence-corrected chi connectivity index (χ1v) is 10.0. The zero-order valence-electron chi connectivity index (χ0n) is 17.3. The number of nitrogens with one attached hydrogen (secondary N) is 2. The molecule has 0 amide bonds. The van der Waals surface area contributed by atoms with Gasteiger partial charge in [0, 0.05) is 23.0 Å². The summed E-state index contributed by atoms with van der Waals surface area (Å²) < 4.78 is 6.99. The van der Waals surface area contributed by atoms with Crippen LogP contribution >= 0.6 is 0 Å². The number of benzene rings is 2. The molecule has 0 unspecified atom stereocenters. The highest BCUT2D eigenvalue weighted by atomic mass is 16.5. The molecule has 5 aromatic rings. The van der Waals surface area contributed by atoms with E-state index in [0.29, 0.717) is 6.54 Å². The first kappa shape index (κ1) is 18.9. The van der Waals surface area contributed by atoms with E-state index in [-0.39, 0.29) is 0 Å². The van der Waals surface area contributed by atoms with Crippen LogP contribution in [0.15, 0.2) is 73.2 Å². The average molecular weight is 410 g/mol. The van der Waals surface area contributed by atoms with E-state index in [1.165, 1.54) is 5.56 Å². The second-order valence-corrected chi connectivity index (χ2v) is 7.34. The highest BCUT2D eigenvalue weighted by molar-refractivity contribution is 5.79. The maximum absolute atomic E-state index is 5.23. The number of aromatic amines is 1. The Morgan fingerprint density at radius 2 is 1.90 bits per heavy atom. The molecule has 0 fully saturated rings. The lowest BCUT2D eigenvalue weighted by Crippen LogP contribution is -2.01. The van der Waals surface area contributed by atoms with E-state index >= 15 is 0 Å². The van der Waals surface area contributed by atoms with Crippen LogP contribution in [0, 0.1) is 6.92 Å². The number of methoxy groups -OCH3 is 1. The smallest absolute Gasteiger partial charge is 0.155 e. The number of ether oxygens (including phenoxy) is 1. The third-order valence-corrected chi connectivity index (χ3v) is 5.16. The molecular formula is C24H22N6O. The number of rotatable bonds is 6. The van der Waals surface area contributed by atoms with Crippen molar-refractivity contribution in [3.63, 3.8) is 0 Å². The van der Waals surface area contributed by atoms with Crippen molar-refractivity contribution in [1.29, 1.82) is 0 Å². The van der Waals surface area contributed by atoms with Crippen molar-refractivity contribution < 1.29 is 4.74 Å². The zero-order valence-corrected chi connectivity index (χ0v) is 17.3. The Balaban J connectivity index is 1.51. The fourth-order valence-electron chi connectivity index (χ4n) is 3.58. The molecule has 0 saturated heterocycles. The molecule has 31 heavy (non-hydrogen) atoms. The number of anilines is 1. The van der Waals surface area contributed by atoms with E-state index in [1.807, 2.05) is 42.6 Å². The van der Waals surface area contributed by atoms with Crippen LogP contribution in [0.25, 0.3) is 28.2 Å². The maximum Gasteiger partial charge on any atom is 0.155 e. The van der Waals surface area contributed by atoms with Crippen molar-refractivity contribution in [2.45, 2.75) is 13.5 Å². The van der Waals surface area contributed by atoms with Crippen molar-refractivity contribution in [3.05, 3.63) is 84.6 Å². The van der Waals surface area contributed by atoms with E-state index in [0.717, 1.165) is 45.4 Å². The van der Waals surface area contributed by atoms with Crippen molar-refractivity contribution in [2.24, 2.45) is 0 Å². The van der Waals surface area contributed by atoms with Gasteiger partial charge in [-0.05, 0) is 49.4 Å². The minimum absolute atomic E-state index is 0.566. The van der Waals surface area contributed by atoms with Crippen LogP contribution in [-0.2, 0) is 6.54 Å². The molecule has 0 radical (unpaired) electrons. The summed E-state index contributed by atoms with van der Waals surface area (Å²) in [5.74, 6) is 1.68. The Hall–Kier alpha value is -4.13. The number of aromatic nitrogens is 5. The summed E-state index contributed by atoms with van der Waals surface area (Å²) in [5, 5.41) is 7.68. The average Bonchev–Trinajstić information content (AvgIpc) is 3.44. The van der Waals surface area contributed by atoms with E-state index < -0.39 is 0 Å². The highest BCUT2D eigenvalue weighted by Crippen LogP contribution is 2.31. The van der Waals surface area contributed by atoms with E-state index in [4.69, 9.17) is 9.72 Å². The van der Waals surface area contributed by atoms with Crippen molar-refractivity contribution >= 4 is 11.3 Å². The monoisotopic (exact) mass is 410 g/mol. The van der Waals surface area contributed by atoms with E-state index in [2.05, 4.69) is 51.6 Å². The summed E-state index contributed by atoms with van der Waals surface area (Å²) in [7, 11) is 1.66. The minimum Gasteiger partial charge on any atom is -0.497 e. The van der Waals surface area contributed by atoms with Crippen molar-refractivity contribution in [3.8, 4) is 28.3 Å². The summed E-state index contributed by atoms with van der Waals surface area (Å²) in [4.78, 5) is 12.7. The van der Waals surface area contributed by atoms with Gasteiger partial charge in [0.25, 0.3) is 0 Å². The van der Waals surface area contributed by atoms with Crippen LogP contribution in [0.3, 0.4) is 0 Å². The summed E-state index contributed by atoms with van der Waals surface area (Å²) in [6, 6.07) is 20.2. The number of H-pyrrole nitrogens is 1. The molecule has 5 rings (SSSR count). The molecule has 0 aliphatic rings. The van der Waals surface area contributed by atoms with Gasteiger partial charge in [-0.25, -0.2) is 14.5 Å². The highest BCUT2D eigenvalue weighted by Gasteiger charge is 2.15. The summed E-state index contributed by atoms with van der Waals surface area (Å²) in [5.41, 5.74) is 6.93. The van der Waals surface area contributed by atoms with E-state index in [1.54, 1.807) is 18.0 Å². The molecule has 0 atom stereocenters. The van der Waals surface area contributed by atoms with Gasteiger partial charge in [-0.2, -0.15) is 5.10 Å². The van der Waals surface area contributed by atoms with Crippen LogP contribution < -0.4 is 10.1 Å². The summed E-state index contributed by atoms with van der Waals surface area (Å²) >= 11 is 0. The number of hydrogen-bond donors (Lipinski definition) is 2. The van der Waals surface area contributed by atoms with Crippen LogP contribution in [0.1, 0.15) is 11.4 Å². The first-order chi connectivity index (χ1) is 15.2. The predicted molar refractivity (Wildman–Crippen MR) is 121 cm³/mol. The molecular weight excluding hydrogens is 388 g/mol. The third kappa shape index (κ3) is 3.85. The summed E-state index contributed by atoms with van der Waals surface area (Å²) in [6.07, 6.45) is 3.51. The Morgan fingerprint density at radius 1 is 1.03 bits per heavy atom. The van der Waals surface area contributed by atoms with Gasteiger partial charge in [-0.3, -0.25) is 0 Å². The van der Waals surface area contributed by atoms with Gasteiger partial charge in [0.1, 0.15) is 17.9 Å². The minimum atomic E-state index is 0.566. The van der Waals surface area contributed by atoms with Gasteiger partial charge >= 0.3 is 0 Å². The van der Waals surface area contributed by atoms with E-state index in [9.17, 15) is 0 Å². The number of aryl methyl sites for hydroxylation is 1. The number of nitrogens with zero attached hydrogens (tertiary/aromatic N) is 4. The molecule has 0 aliphatic heterocycles. The molecule has 3 aromatic heterocycles. The van der Waals surface area contributed by atoms with Crippen molar-refractivity contribution in [1.82, 2.24) is 24.6 Å². The lowest BCUT2D eigenvalue weighted by molar-refractivity contribution is 0.415. The van der Waals surface area contributed by atoms with Gasteiger partial charge < -0.3 is 15.0 Å². The van der Waals surface area contributed by atoms with Crippen LogP contribution in [0.4, 0.5) is 5.69 Å². The molecule has 0 bridgehead atoms. The van der Waals surface area contributed by atoms with Crippen LogP contribution in [-0.4, -0.2) is 31.7 Å². The van der Waals surface area contributed by atoms with Gasteiger partial charge in [0.05, 0.1) is 25.0 Å². The largest absolute Gasteiger partial charge is 0.497 e. The standard InChI is InChI=1S/C24H22N6O/c1-16-4-3-5-17(12-16)23-24(18-6-11-22-26-15-27-30(22)14-18)29-21(28-23)13-25-19-7-9-20(31-2)10-8-19/h3-12,14-15,25H,13H2,1-2H3,(H,28,29). The fourth-order valence-corrected chi connectivity index (χ4v) is 3.58. The number of pyridine rings is 1. The summed E-state index contributed by atoms with van der Waals surface area (Å²) in [6.45, 7) is 2.66. The molecule has 0 saturated carbocycles. The molecule has 3 heterocycles. The molecule has 0 spiro atoms. The number of fused-ring (bicyclic) bond motifs is 1. The van der Waals surface area contributed by atoms with Gasteiger partial charge in [0.15, 0.2) is 5.65 Å². The molecule has 7 nitrogen and oxygen atoms in total. The Kier molecular flexibility index (Phi) is 4.84. The lowest BCUT2D eigenvalue weighted by Gasteiger charge is -2.05. The number of imidazole rings is 1. The maximum atomic E-state index is 5.23. The normalized spacial score (nSPS) is 11.0. The third-order valence-electron chi connectivity index (χ3n) is 5.16. The Morgan fingerprint density at radius 3 is 2.71 bits per heavy atom. The lowest BCUT2D eigenvalue weighted by atomic mass is 10.0. The molecule has 154 valence electrons. The Labute approximate surface area is 179 Å². The van der Waals surface area contributed by atoms with Gasteiger partial charge in [-0.1, -0.05) is 23.8 Å². The van der Waals surface area contributed by atoms with Crippen LogP contribution in [0.2, 0.25) is 0 Å². The van der Waals surface area contributed by atoms with Crippen LogP contribution in [0.5, 0.6) is 5.75 Å².